The molecule has 0 aromatic heterocycles. The second kappa shape index (κ2) is 4.45. The summed E-state index contributed by atoms with van der Waals surface area (Å²) in [6.45, 7) is 3.09. The average molecular weight is 234 g/mol. The highest BCUT2D eigenvalue weighted by molar-refractivity contribution is 5.94. The molecule has 5 heteroatoms. The van der Waals surface area contributed by atoms with Gasteiger partial charge in [-0.05, 0) is 37.1 Å². The van der Waals surface area contributed by atoms with E-state index in [4.69, 9.17) is 5.11 Å². The van der Waals surface area contributed by atoms with Crippen molar-refractivity contribution in [2.24, 2.45) is 0 Å². The van der Waals surface area contributed by atoms with Crippen molar-refractivity contribution in [3.05, 3.63) is 29.3 Å². The molecule has 2 rings (SSSR count). The first-order valence-corrected chi connectivity index (χ1v) is 5.49. The number of rotatable bonds is 2. The number of benzene rings is 1. The highest BCUT2D eigenvalue weighted by Gasteiger charge is 2.20. The van der Waals surface area contributed by atoms with E-state index in [2.05, 4.69) is 5.32 Å². The number of nitrogens with one attached hydrogen (secondary N) is 1. The number of carbonyl (C=O) groups is 2. The summed E-state index contributed by atoms with van der Waals surface area (Å²) in [5.74, 6) is -0.947. The zero-order chi connectivity index (χ0) is 12.4. The molecule has 0 radical (unpaired) electrons. The number of hydrogen-bond donors (Lipinski definition) is 2. The highest BCUT2D eigenvalue weighted by Crippen LogP contribution is 2.20. The maximum absolute atomic E-state index is 11.6. The Hall–Kier alpha value is -2.04. The Bertz CT molecular complexity index is 471. The molecule has 0 saturated carbocycles. The second-order valence-corrected chi connectivity index (χ2v) is 4.04. The minimum Gasteiger partial charge on any atom is -0.478 e. The molecule has 90 valence electrons. The van der Waals surface area contributed by atoms with Gasteiger partial charge in [0.15, 0.2) is 0 Å². The lowest BCUT2D eigenvalue weighted by Crippen LogP contribution is -2.46. The molecule has 0 spiro atoms. The van der Waals surface area contributed by atoms with Crippen LogP contribution in [0, 0.1) is 6.92 Å². The predicted octanol–water partition coefficient (Wildman–Crippen LogP) is 1.61. The third kappa shape index (κ3) is 2.22. The van der Waals surface area contributed by atoms with E-state index in [-0.39, 0.29) is 11.6 Å². The minimum absolute atomic E-state index is 0.126. The van der Waals surface area contributed by atoms with Crippen LogP contribution in [0.1, 0.15) is 22.3 Å². The van der Waals surface area contributed by atoms with Crippen LogP contribution in [0.2, 0.25) is 0 Å². The number of carboxylic acids is 1. The van der Waals surface area contributed by atoms with Crippen LogP contribution in [0.25, 0.3) is 0 Å². The average Bonchev–Trinajstić information content (AvgIpc) is 2.29. The lowest BCUT2D eigenvalue weighted by atomic mass is 10.1. The number of aryl methyl sites for hydroxylation is 1. The van der Waals surface area contributed by atoms with Crippen molar-refractivity contribution in [2.75, 3.05) is 18.0 Å². The van der Waals surface area contributed by atoms with Gasteiger partial charge in [0.1, 0.15) is 0 Å². The Labute approximate surface area is 99.0 Å². The van der Waals surface area contributed by atoms with Crippen molar-refractivity contribution in [3.8, 4) is 0 Å². The van der Waals surface area contributed by atoms with Crippen molar-refractivity contribution >= 4 is 17.7 Å². The maximum atomic E-state index is 11.6. The largest absolute Gasteiger partial charge is 0.478 e. The lowest BCUT2D eigenvalue weighted by molar-refractivity contribution is 0.0696. The van der Waals surface area contributed by atoms with E-state index in [1.807, 2.05) is 0 Å². The van der Waals surface area contributed by atoms with Gasteiger partial charge in [0, 0.05) is 18.8 Å². The molecule has 0 bridgehead atoms. The third-order valence-corrected chi connectivity index (χ3v) is 2.83. The topological polar surface area (TPSA) is 69.6 Å². The van der Waals surface area contributed by atoms with Crippen LogP contribution in [0.15, 0.2) is 18.2 Å². The van der Waals surface area contributed by atoms with Crippen molar-refractivity contribution in [1.82, 2.24) is 5.32 Å². The molecular formula is C12H14N2O3. The monoisotopic (exact) mass is 234 g/mol. The predicted molar refractivity (Wildman–Crippen MR) is 63.5 cm³/mol. The van der Waals surface area contributed by atoms with E-state index in [9.17, 15) is 9.59 Å². The van der Waals surface area contributed by atoms with Gasteiger partial charge >= 0.3 is 12.0 Å². The second-order valence-electron chi connectivity index (χ2n) is 4.04. The Morgan fingerprint density at radius 1 is 1.47 bits per heavy atom. The number of carbonyl (C=O) groups excluding carboxylic acids is 1. The van der Waals surface area contributed by atoms with Crippen LogP contribution in [0.3, 0.4) is 0 Å². The first-order chi connectivity index (χ1) is 8.09. The fourth-order valence-corrected chi connectivity index (χ4v) is 1.93. The van der Waals surface area contributed by atoms with Gasteiger partial charge < -0.3 is 10.4 Å². The highest BCUT2D eigenvalue weighted by atomic mass is 16.4. The van der Waals surface area contributed by atoms with E-state index in [0.717, 1.165) is 12.1 Å². The number of aromatic carboxylic acids is 1. The summed E-state index contributed by atoms with van der Waals surface area (Å²) in [4.78, 5) is 24.1. The van der Waals surface area contributed by atoms with Crippen LogP contribution in [0.4, 0.5) is 10.5 Å². The number of nitrogens with zero attached hydrogens (tertiary/aromatic N) is 1. The molecule has 0 unspecified atom stereocenters. The van der Waals surface area contributed by atoms with Crippen molar-refractivity contribution in [1.29, 1.82) is 0 Å². The standard InChI is InChI=1S/C12H14N2O3/c1-8-7-9(3-4-10(8)11(15)16)14-6-2-5-13-12(14)17/h3-4,7H,2,5-6H2,1H3,(H,13,17)(H,15,16). The van der Waals surface area contributed by atoms with Gasteiger partial charge in [-0.25, -0.2) is 9.59 Å². The summed E-state index contributed by atoms with van der Waals surface area (Å²) in [6.07, 6.45) is 0.894. The van der Waals surface area contributed by atoms with Gasteiger partial charge in [-0.2, -0.15) is 0 Å². The fourth-order valence-electron chi connectivity index (χ4n) is 1.93. The van der Waals surface area contributed by atoms with E-state index < -0.39 is 5.97 Å². The number of amides is 2. The molecule has 2 amide bonds. The molecule has 17 heavy (non-hydrogen) atoms. The van der Waals surface area contributed by atoms with E-state index in [1.54, 1.807) is 24.0 Å². The first-order valence-electron chi connectivity index (χ1n) is 5.49. The smallest absolute Gasteiger partial charge is 0.335 e. The molecule has 1 aliphatic heterocycles. The zero-order valence-electron chi connectivity index (χ0n) is 9.56. The van der Waals surface area contributed by atoms with Gasteiger partial charge in [-0.1, -0.05) is 0 Å². The zero-order valence-corrected chi connectivity index (χ0v) is 9.56. The van der Waals surface area contributed by atoms with Crippen LogP contribution in [-0.2, 0) is 0 Å². The van der Waals surface area contributed by atoms with Gasteiger partial charge in [0.25, 0.3) is 0 Å². The molecular weight excluding hydrogens is 220 g/mol. The molecule has 1 aromatic carbocycles. The summed E-state index contributed by atoms with van der Waals surface area (Å²) < 4.78 is 0. The molecule has 1 saturated heterocycles. The molecule has 1 aromatic rings. The Morgan fingerprint density at radius 2 is 2.24 bits per heavy atom. The van der Waals surface area contributed by atoms with Crippen molar-refractivity contribution in [3.63, 3.8) is 0 Å². The number of carboxylic acid groups (broad SMARTS) is 1. The van der Waals surface area contributed by atoms with Gasteiger partial charge in [-0.3, -0.25) is 4.90 Å². The normalized spacial score (nSPS) is 15.6. The molecule has 0 atom stereocenters. The Balaban J connectivity index is 2.30. The third-order valence-electron chi connectivity index (χ3n) is 2.83. The lowest BCUT2D eigenvalue weighted by Gasteiger charge is -2.27. The summed E-state index contributed by atoms with van der Waals surface area (Å²) in [6, 6.07) is 4.81. The number of anilines is 1. The van der Waals surface area contributed by atoms with E-state index in [1.165, 1.54) is 6.07 Å². The van der Waals surface area contributed by atoms with Crippen LogP contribution < -0.4 is 10.2 Å². The van der Waals surface area contributed by atoms with Crippen LogP contribution in [-0.4, -0.2) is 30.2 Å². The molecule has 1 fully saturated rings. The van der Waals surface area contributed by atoms with Crippen LogP contribution >= 0.6 is 0 Å². The van der Waals surface area contributed by atoms with Crippen LogP contribution in [0.5, 0.6) is 0 Å². The van der Waals surface area contributed by atoms with Crippen molar-refractivity contribution in [2.45, 2.75) is 13.3 Å². The fraction of sp³-hybridized carbons (Fsp3) is 0.333. The van der Waals surface area contributed by atoms with Gasteiger partial charge in [-0.15, -0.1) is 0 Å². The van der Waals surface area contributed by atoms with Crippen molar-refractivity contribution < 1.29 is 14.7 Å². The van der Waals surface area contributed by atoms with Gasteiger partial charge in [0.2, 0.25) is 0 Å². The number of hydrogen-bond acceptors (Lipinski definition) is 2. The number of urea groups is 1. The quantitative estimate of drug-likeness (QED) is 0.816. The molecule has 5 nitrogen and oxygen atoms in total. The summed E-state index contributed by atoms with van der Waals surface area (Å²) in [7, 11) is 0. The van der Waals surface area contributed by atoms with E-state index >= 15 is 0 Å². The Kier molecular flexibility index (Phi) is 2.99. The minimum atomic E-state index is -0.947. The van der Waals surface area contributed by atoms with E-state index in [0.29, 0.717) is 18.7 Å². The molecule has 2 N–H and O–H groups in total. The molecule has 1 aliphatic rings. The molecule has 0 aliphatic carbocycles. The Morgan fingerprint density at radius 3 is 2.82 bits per heavy atom. The maximum Gasteiger partial charge on any atom is 0.335 e. The van der Waals surface area contributed by atoms with Gasteiger partial charge in [0.05, 0.1) is 5.56 Å². The molecule has 1 heterocycles. The summed E-state index contributed by atoms with van der Waals surface area (Å²) in [5.41, 5.74) is 1.67. The summed E-state index contributed by atoms with van der Waals surface area (Å²) in [5, 5.41) is 11.7. The summed E-state index contributed by atoms with van der Waals surface area (Å²) >= 11 is 0. The first kappa shape index (κ1) is 11.4. The SMILES string of the molecule is Cc1cc(N2CCCNC2=O)ccc1C(=O)O.